The molecule has 0 amide bonds. The van der Waals surface area contributed by atoms with E-state index in [0.29, 0.717) is 26.1 Å². The zero-order valence-electron chi connectivity index (χ0n) is 7.10. The Morgan fingerprint density at radius 2 is 1.85 bits per heavy atom. The molecule has 1 rings (SSSR count). The van der Waals surface area contributed by atoms with Crippen LogP contribution in [0.25, 0.3) is 0 Å². The van der Waals surface area contributed by atoms with E-state index in [2.05, 4.69) is 0 Å². The quantitative estimate of drug-likeness (QED) is 0.510. The highest BCUT2D eigenvalue weighted by molar-refractivity contribution is 4.82. The Morgan fingerprint density at radius 3 is 2.23 bits per heavy atom. The topological polar surface area (TPSA) is 47.3 Å². The molecule has 0 saturated carbocycles. The van der Waals surface area contributed by atoms with Crippen molar-refractivity contribution in [2.45, 2.75) is 25.1 Å². The summed E-state index contributed by atoms with van der Waals surface area (Å²) >= 11 is 0. The van der Waals surface area contributed by atoms with E-state index in [-0.39, 0.29) is 0 Å². The smallest absolute Gasteiger partial charge is 0.381 e. The minimum Gasteiger partial charge on any atom is -0.381 e. The van der Waals surface area contributed by atoms with Crippen LogP contribution < -0.4 is 11.3 Å². The van der Waals surface area contributed by atoms with Crippen LogP contribution in [-0.2, 0) is 4.74 Å². The molecule has 1 atom stereocenters. The molecule has 1 aliphatic rings. The van der Waals surface area contributed by atoms with Gasteiger partial charge in [0.1, 0.15) is 6.04 Å². The molecule has 0 aliphatic carbocycles. The van der Waals surface area contributed by atoms with Crippen LogP contribution in [0.15, 0.2) is 0 Å². The van der Waals surface area contributed by atoms with Gasteiger partial charge in [-0.3, -0.25) is 5.84 Å². The highest BCUT2D eigenvalue weighted by atomic mass is 19.4. The first-order valence-corrected chi connectivity index (χ1v) is 4.16. The number of ether oxygens (including phenoxy) is 1. The first-order valence-electron chi connectivity index (χ1n) is 4.16. The second-order valence-electron chi connectivity index (χ2n) is 3.14. The standard InChI is InChI=1S/C7H13F3N2O/c8-7(9,10)6(12-11)5-1-3-13-4-2-5/h5-6,12H,1-4,11H2. The van der Waals surface area contributed by atoms with Gasteiger partial charge in [0.05, 0.1) is 0 Å². The van der Waals surface area contributed by atoms with E-state index < -0.39 is 18.1 Å². The number of hydrogen-bond acceptors (Lipinski definition) is 3. The van der Waals surface area contributed by atoms with Crippen LogP contribution in [0.4, 0.5) is 13.2 Å². The van der Waals surface area contributed by atoms with Gasteiger partial charge in [-0.25, -0.2) is 5.43 Å². The van der Waals surface area contributed by atoms with Gasteiger partial charge in [-0.15, -0.1) is 0 Å². The molecule has 6 heteroatoms. The summed E-state index contributed by atoms with van der Waals surface area (Å²) in [4.78, 5) is 0. The lowest BCUT2D eigenvalue weighted by atomic mass is 9.92. The summed E-state index contributed by atoms with van der Waals surface area (Å²) in [6.45, 7) is 0.776. The molecular weight excluding hydrogens is 185 g/mol. The van der Waals surface area contributed by atoms with Crippen LogP contribution in [-0.4, -0.2) is 25.4 Å². The predicted octanol–water partition coefficient (Wildman–Crippen LogP) is 0.807. The van der Waals surface area contributed by atoms with E-state index in [1.165, 1.54) is 0 Å². The Bertz CT molecular complexity index is 156. The van der Waals surface area contributed by atoms with Gasteiger partial charge in [-0.2, -0.15) is 13.2 Å². The molecule has 13 heavy (non-hydrogen) atoms. The summed E-state index contributed by atoms with van der Waals surface area (Å²) in [7, 11) is 0. The van der Waals surface area contributed by atoms with E-state index in [1.807, 2.05) is 5.43 Å². The Balaban J connectivity index is 2.54. The number of rotatable bonds is 2. The van der Waals surface area contributed by atoms with E-state index in [4.69, 9.17) is 10.6 Å². The highest BCUT2D eigenvalue weighted by Gasteiger charge is 2.44. The first-order chi connectivity index (χ1) is 6.05. The molecule has 0 bridgehead atoms. The van der Waals surface area contributed by atoms with Crippen molar-refractivity contribution in [3.05, 3.63) is 0 Å². The van der Waals surface area contributed by atoms with Gasteiger partial charge in [0.15, 0.2) is 0 Å². The third kappa shape index (κ3) is 2.82. The normalized spacial score (nSPS) is 23.1. The first kappa shape index (κ1) is 10.7. The van der Waals surface area contributed by atoms with Gasteiger partial charge in [-0.1, -0.05) is 0 Å². The maximum atomic E-state index is 12.3. The molecule has 0 aromatic rings. The van der Waals surface area contributed by atoms with Gasteiger partial charge >= 0.3 is 6.18 Å². The number of halogens is 3. The van der Waals surface area contributed by atoms with Crippen LogP contribution in [0, 0.1) is 5.92 Å². The lowest BCUT2D eigenvalue weighted by Gasteiger charge is -2.30. The van der Waals surface area contributed by atoms with Gasteiger partial charge in [0.2, 0.25) is 0 Å². The summed E-state index contributed by atoms with van der Waals surface area (Å²) in [6, 6.07) is -1.60. The maximum Gasteiger partial charge on any atom is 0.405 e. The largest absolute Gasteiger partial charge is 0.405 e. The molecule has 0 spiro atoms. The van der Waals surface area contributed by atoms with Crippen molar-refractivity contribution in [2.24, 2.45) is 11.8 Å². The average Bonchev–Trinajstić information content (AvgIpc) is 2.05. The number of nitrogens with one attached hydrogen (secondary N) is 1. The zero-order chi connectivity index (χ0) is 9.90. The summed E-state index contributed by atoms with van der Waals surface area (Å²) in [5.74, 6) is 4.42. The van der Waals surface area contributed by atoms with Crippen molar-refractivity contribution < 1.29 is 17.9 Å². The molecule has 1 heterocycles. The van der Waals surface area contributed by atoms with Gasteiger partial charge < -0.3 is 4.74 Å². The molecule has 0 radical (unpaired) electrons. The van der Waals surface area contributed by atoms with E-state index in [1.54, 1.807) is 0 Å². The monoisotopic (exact) mass is 198 g/mol. The van der Waals surface area contributed by atoms with Crippen LogP contribution in [0.5, 0.6) is 0 Å². The Morgan fingerprint density at radius 1 is 1.31 bits per heavy atom. The van der Waals surface area contributed by atoms with Gasteiger partial charge in [-0.05, 0) is 18.8 Å². The number of hydrazine groups is 1. The number of alkyl halides is 3. The fourth-order valence-electron chi connectivity index (χ4n) is 1.55. The Hall–Kier alpha value is -0.330. The summed E-state index contributed by atoms with van der Waals surface area (Å²) in [5.41, 5.74) is 1.83. The molecule has 3 N–H and O–H groups in total. The Labute approximate surface area is 74.4 Å². The second kappa shape index (κ2) is 4.26. The highest BCUT2D eigenvalue weighted by Crippen LogP contribution is 2.30. The van der Waals surface area contributed by atoms with Crippen molar-refractivity contribution in [1.82, 2.24) is 5.43 Å². The number of hydrogen-bond donors (Lipinski definition) is 2. The molecular formula is C7H13F3N2O. The average molecular weight is 198 g/mol. The van der Waals surface area contributed by atoms with Crippen molar-refractivity contribution in [3.63, 3.8) is 0 Å². The predicted molar refractivity (Wildman–Crippen MR) is 40.7 cm³/mol. The molecule has 1 aliphatic heterocycles. The SMILES string of the molecule is NNC(C1CCOCC1)C(F)(F)F. The lowest BCUT2D eigenvalue weighted by Crippen LogP contribution is -2.52. The van der Waals surface area contributed by atoms with E-state index in [9.17, 15) is 13.2 Å². The summed E-state index contributed by atoms with van der Waals surface area (Å²) in [5, 5.41) is 0. The van der Waals surface area contributed by atoms with Crippen LogP contribution in [0.1, 0.15) is 12.8 Å². The third-order valence-corrected chi connectivity index (χ3v) is 2.27. The third-order valence-electron chi connectivity index (χ3n) is 2.27. The second-order valence-corrected chi connectivity index (χ2v) is 3.14. The molecule has 1 fully saturated rings. The van der Waals surface area contributed by atoms with Crippen molar-refractivity contribution >= 4 is 0 Å². The van der Waals surface area contributed by atoms with Crippen LogP contribution in [0.2, 0.25) is 0 Å². The maximum absolute atomic E-state index is 12.3. The van der Waals surface area contributed by atoms with Crippen molar-refractivity contribution in [1.29, 1.82) is 0 Å². The summed E-state index contributed by atoms with van der Waals surface area (Å²) in [6.07, 6.45) is -3.44. The fraction of sp³-hybridized carbons (Fsp3) is 1.00. The lowest BCUT2D eigenvalue weighted by molar-refractivity contribution is -0.174. The van der Waals surface area contributed by atoms with Gasteiger partial charge in [0.25, 0.3) is 0 Å². The molecule has 3 nitrogen and oxygen atoms in total. The Kier molecular flexibility index (Phi) is 3.52. The molecule has 0 aromatic heterocycles. The van der Waals surface area contributed by atoms with Crippen LogP contribution >= 0.6 is 0 Å². The minimum absolute atomic E-state index is 0.388. The fourth-order valence-corrected chi connectivity index (χ4v) is 1.55. The van der Waals surface area contributed by atoms with Crippen molar-refractivity contribution in [3.8, 4) is 0 Å². The molecule has 1 saturated heterocycles. The molecule has 78 valence electrons. The van der Waals surface area contributed by atoms with Gasteiger partial charge in [0, 0.05) is 13.2 Å². The van der Waals surface area contributed by atoms with Crippen LogP contribution in [0.3, 0.4) is 0 Å². The zero-order valence-corrected chi connectivity index (χ0v) is 7.10. The minimum atomic E-state index is -4.27. The van der Waals surface area contributed by atoms with Crippen molar-refractivity contribution in [2.75, 3.05) is 13.2 Å². The van der Waals surface area contributed by atoms with E-state index in [0.717, 1.165) is 0 Å². The molecule has 1 unspecified atom stereocenters. The van der Waals surface area contributed by atoms with E-state index >= 15 is 0 Å². The summed E-state index contributed by atoms with van der Waals surface area (Å²) < 4.78 is 41.9. The molecule has 0 aromatic carbocycles. The number of nitrogens with two attached hydrogens (primary N) is 1.